The number of amides is 1. The van der Waals surface area contributed by atoms with E-state index in [0.717, 1.165) is 12.1 Å². The summed E-state index contributed by atoms with van der Waals surface area (Å²) in [5.74, 6) is 0.199. The first-order valence-electron chi connectivity index (χ1n) is 8.33. The monoisotopic (exact) mass is 336 g/mol. The van der Waals surface area contributed by atoms with Crippen LogP contribution >= 0.6 is 0 Å². The van der Waals surface area contributed by atoms with Gasteiger partial charge in [0.25, 0.3) is 0 Å². The number of benzene rings is 1. The van der Waals surface area contributed by atoms with Crippen LogP contribution in [0.3, 0.4) is 0 Å². The fourth-order valence-electron chi connectivity index (χ4n) is 3.66. The predicted molar refractivity (Wildman–Crippen MR) is 90.9 cm³/mol. The van der Waals surface area contributed by atoms with Crippen molar-refractivity contribution in [2.24, 2.45) is 5.92 Å². The summed E-state index contributed by atoms with van der Waals surface area (Å²) in [6, 6.07) is 8.24. The lowest BCUT2D eigenvalue weighted by Gasteiger charge is -2.33. The third-order valence-corrected chi connectivity index (χ3v) is 6.89. The number of hydrogen-bond acceptors (Lipinski definition) is 3. The lowest BCUT2D eigenvalue weighted by molar-refractivity contribution is -0.123. The van der Waals surface area contributed by atoms with Gasteiger partial charge in [0, 0.05) is 30.7 Å². The van der Waals surface area contributed by atoms with Crippen LogP contribution in [0.4, 0.5) is 5.69 Å². The molecule has 1 atom stereocenters. The average Bonchev–Trinajstić information content (AvgIpc) is 2.90. The second-order valence-corrected chi connectivity index (χ2v) is 8.72. The second kappa shape index (κ2) is 6.24. The van der Waals surface area contributed by atoms with Crippen LogP contribution in [-0.4, -0.2) is 43.5 Å². The minimum atomic E-state index is -3.14. The fraction of sp³-hybridized carbons (Fsp3) is 0.588. The molecule has 0 radical (unpaired) electrons. The molecule has 2 aliphatic rings. The Morgan fingerprint density at radius 1 is 1.22 bits per heavy atom. The van der Waals surface area contributed by atoms with Crippen molar-refractivity contribution in [3.05, 3.63) is 29.8 Å². The van der Waals surface area contributed by atoms with E-state index in [0.29, 0.717) is 25.9 Å². The summed E-state index contributed by atoms with van der Waals surface area (Å²) in [6.07, 6.45) is 2.12. The Balaban J connectivity index is 1.71. The van der Waals surface area contributed by atoms with Gasteiger partial charge in [0.05, 0.1) is 5.75 Å². The lowest BCUT2D eigenvalue weighted by atomic mass is 9.96. The van der Waals surface area contributed by atoms with Crippen LogP contribution in [-0.2, 0) is 21.2 Å². The molecule has 6 heteroatoms. The van der Waals surface area contributed by atoms with Gasteiger partial charge < -0.3 is 4.90 Å². The van der Waals surface area contributed by atoms with Gasteiger partial charge in [-0.05, 0) is 44.7 Å². The molecule has 5 nitrogen and oxygen atoms in total. The van der Waals surface area contributed by atoms with Crippen molar-refractivity contribution in [1.29, 1.82) is 0 Å². The summed E-state index contributed by atoms with van der Waals surface area (Å²) in [7, 11) is -3.14. The Bertz CT molecular complexity index is 694. The van der Waals surface area contributed by atoms with Crippen molar-refractivity contribution in [1.82, 2.24) is 4.31 Å². The highest BCUT2D eigenvalue weighted by Crippen LogP contribution is 2.34. The molecule has 0 aliphatic carbocycles. The quantitative estimate of drug-likeness (QED) is 0.848. The van der Waals surface area contributed by atoms with Crippen molar-refractivity contribution in [3.8, 4) is 0 Å². The second-order valence-electron chi connectivity index (χ2n) is 6.46. The van der Waals surface area contributed by atoms with Crippen LogP contribution in [0.25, 0.3) is 0 Å². The van der Waals surface area contributed by atoms with Crippen molar-refractivity contribution in [2.75, 3.05) is 23.7 Å². The first-order valence-corrected chi connectivity index (χ1v) is 9.93. The molecule has 1 aromatic carbocycles. The molecule has 0 saturated carbocycles. The zero-order chi connectivity index (χ0) is 16.6. The highest BCUT2D eigenvalue weighted by molar-refractivity contribution is 7.89. The highest BCUT2D eigenvalue weighted by atomic mass is 32.2. The Labute approximate surface area is 138 Å². The zero-order valence-corrected chi connectivity index (χ0v) is 14.6. The van der Waals surface area contributed by atoms with E-state index in [1.807, 2.05) is 23.1 Å². The minimum Gasteiger partial charge on any atom is -0.309 e. The van der Waals surface area contributed by atoms with Gasteiger partial charge in [-0.2, -0.15) is 0 Å². The van der Waals surface area contributed by atoms with E-state index >= 15 is 0 Å². The molecule has 0 bridgehead atoms. The Hall–Kier alpha value is -1.40. The summed E-state index contributed by atoms with van der Waals surface area (Å²) in [5.41, 5.74) is 2.24. The molecule has 1 aromatic rings. The largest absolute Gasteiger partial charge is 0.309 e. The van der Waals surface area contributed by atoms with E-state index in [4.69, 9.17) is 0 Å². The number of rotatable bonds is 3. The maximum absolute atomic E-state index is 13.0. The lowest BCUT2D eigenvalue weighted by Crippen LogP contribution is -2.46. The normalized spacial score (nSPS) is 23.0. The predicted octanol–water partition coefficient (Wildman–Crippen LogP) is 2.03. The molecule has 0 unspecified atom stereocenters. The summed E-state index contributed by atoms with van der Waals surface area (Å²) in [4.78, 5) is 14.9. The summed E-state index contributed by atoms with van der Waals surface area (Å²) >= 11 is 0. The standard InChI is InChI=1S/C17H24N2O3S/c1-3-23(21,22)18-10-8-14(9-11-18)17(20)19-13(2)12-15-6-4-5-7-16(15)19/h4-7,13-14H,3,8-12H2,1-2H3/t13-/m1/s1. The van der Waals surface area contributed by atoms with Crippen LogP contribution in [0.15, 0.2) is 24.3 Å². The molecule has 2 aliphatic heterocycles. The SMILES string of the molecule is CCS(=O)(=O)N1CCC(C(=O)N2c3ccccc3C[C@H]2C)CC1. The summed E-state index contributed by atoms with van der Waals surface area (Å²) in [6.45, 7) is 4.65. The van der Waals surface area contributed by atoms with Gasteiger partial charge in [-0.25, -0.2) is 12.7 Å². The minimum absolute atomic E-state index is 0.0769. The number of anilines is 1. The van der Waals surface area contributed by atoms with Crippen LogP contribution < -0.4 is 4.90 Å². The number of para-hydroxylation sites is 1. The molecular formula is C17H24N2O3S. The number of carbonyl (C=O) groups excluding carboxylic acids is 1. The van der Waals surface area contributed by atoms with Crippen molar-refractivity contribution in [2.45, 2.75) is 39.2 Å². The van der Waals surface area contributed by atoms with E-state index in [1.165, 1.54) is 9.87 Å². The van der Waals surface area contributed by atoms with E-state index in [2.05, 4.69) is 13.0 Å². The van der Waals surface area contributed by atoms with Gasteiger partial charge in [-0.15, -0.1) is 0 Å². The topological polar surface area (TPSA) is 57.7 Å². The van der Waals surface area contributed by atoms with Gasteiger partial charge in [-0.3, -0.25) is 4.79 Å². The highest BCUT2D eigenvalue weighted by Gasteiger charge is 2.37. The van der Waals surface area contributed by atoms with Crippen molar-refractivity contribution >= 4 is 21.6 Å². The zero-order valence-electron chi connectivity index (χ0n) is 13.7. The van der Waals surface area contributed by atoms with E-state index in [-0.39, 0.29) is 23.6 Å². The Morgan fingerprint density at radius 3 is 2.52 bits per heavy atom. The molecule has 1 saturated heterocycles. The number of carbonyl (C=O) groups is 1. The number of hydrogen-bond donors (Lipinski definition) is 0. The number of nitrogens with zero attached hydrogens (tertiary/aromatic N) is 2. The van der Waals surface area contributed by atoms with Crippen molar-refractivity contribution < 1.29 is 13.2 Å². The van der Waals surface area contributed by atoms with Gasteiger partial charge >= 0.3 is 0 Å². The van der Waals surface area contributed by atoms with E-state index in [1.54, 1.807) is 6.92 Å². The molecule has 0 aromatic heterocycles. The van der Waals surface area contributed by atoms with E-state index < -0.39 is 10.0 Å². The summed E-state index contributed by atoms with van der Waals surface area (Å²) < 4.78 is 25.4. The van der Waals surface area contributed by atoms with Gasteiger partial charge in [-0.1, -0.05) is 18.2 Å². The Kier molecular flexibility index (Phi) is 4.47. The van der Waals surface area contributed by atoms with Crippen LogP contribution in [0, 0.1) is 5.92 Å². The van der Waals surface area contributed by atoms with Gasteiger partial charge in [0.15, 0.2) is 0 Å². The molecule has 3 rings (SSSR count). The average molecular weight is 336 g/mol. The molecule has 23 heavy (non-hydrogen) atoms. The van der Waals surface area contributed by atoms with Crippen LogP contribution in [0.1, 0.15) is 32.3 Å². The molecule has 2 heterocycles. The summed E-state index contributed by atoms with van der Waals surface area (Å²) in [5, 5.41) is 0. The third kappa shape index (κ3) is 3.02. The number of fused-ring (bicyclic) bond motifs is 1. The van der Waals surface area contributed by atoms with Gasteiger partial charge in [0.1, 0.15) is 0 Å². The Morgan fingerprint density at radius 2 is 1.87 bits per heavy atom. The third-order valence-electron chi connectivity index (χ3n) is 5.01. The number of piperidine rings is 1. The smallest absolute Gasteiger partial charge is 0.230 e. The van der Waals surface area contributed by atoms with Crippen LogP contribution in [0.5, 0.6) is 0 Å². The van der Waals surface area contributed by atoms with Crippen LogP contribution in [0.2, 0.25) is 0 Å². The first kappa shape index (κ1) is 16.5. The van der Waals surface area contributed by atoms with Crippen molar-refractivity contribution in [3.63, 3.8) is 0 Å². The molecule has 1 amide bonds. The van der Waals surface area contributed by atoms with E-state index in [9.17, 15) is 13.2 Å². The molecule has 0 spiro atoms. The first-order chi connectivity index (χ1) is 10.9. The maximum Gasteiger partial charge on any atom is 0.230 e. The fourth-order valence-corrected chi connectivity index (χ4v) is 4.79. The molecule has 1 fully saturated rings. The molecular weight excluding hydrogens is 312 g/mol. The van der Waals surface area contributed by atoms with Gasteiger partial charge in [0.2, 0.25) is 15.9 Å². The molecule has 0 N–H and O–H groups in total. The molecule has 126 valence electrons. The maximum atomic E-state index is 13.0. The number of sulfonamides is 1.